The molecule has 106 valence electrons. The van der Waals surface area contributed by atoms with E-state index in [2.05, 4.69) is 17.1 Å². The molecule has 1 aromatic rings. The van der Waals surface area contributed by atoms with Crippen LogP contribution in [-0.4, -0.2) is 49.3 Å². The number of phenolic OH excluding ortho intramolecular Hbond substituents is 1. The Morgan fingerprint density at radius 2 is 2.11 bits per heavy atom. The van der Waals surface area contributed by atoms with Crippen LogP contribution >= 0.6 is 0 Å². The lowest BCUT2D eigenvalue weighted by Crippen LogP contribution is -2.44. The number of aromatic hydroxyl groups is 1. The third-order valence-corrected chi connectivity index (χ3v) is 3.43. The number of piperazine rings is 1. The third kappa shape index (κ3) is 4.40. The normalized spacial score (nSPS) is 16.5. The maximum atomic E-state index is 9.90. The molecule has 0 amide bonds. The average Bonchev–Trinajstić information content (AvgIpc) is 2.46. The third-order valence-electron chi connectivity index (χ3n) is 3.43. The lowest BCUT2D eigenvalue weighted by atomic mass is 10.1. The van der Waals surface area contributed by atoms with Crippen LogP contribution in [0, 0.1) is 0 Å². The van der Waals surface area contributed by atoms with Crippen molar-refractivity contribution in [2.24, 2.45) is 0 Å². The predicted molar refractivity (Wildman–Crippen MR) is 76.9 cm³/mol. The molecule has 1 heterocycles. The van der Waals surface area contributed by atoms with Gasteiger partial charge >= 0.3 is 0 Å². The van der Waals surface area contributed by atoms with Crippen LogP contribution in [0.1, 0.15) is 18.9 Å². The standard InChI is InChI=1S/C15H24N2O2/c1-2-11-19-14-3-4-15(18)13(12-14)5-8-17-9-6-16-7-10-17/h3-4,12,16,18H,2,5-11H2,1H3. The minimum absolute atomic E-state index is 0.374. The van der Waals surface area contributed by atoms with Gasteiger partial charge < -0.3 is 20.1 Å². The van der Waals surface area contributed by atoms with Gasteiger partial charge in [-0.25, -0.2) is 0 Å². The highest BCUT2D eigenvalue weighted by atomic mass is 16.5. The Labute approximate surface area is 115 Å². The van der Waals surface area contributed by atoms with E-state index in [4.69, 9.17) is 4.74 Å². The molecule has 4 heteroatoms. The molecular weight excluding hydrogens is 240 g/mol. The Kier molecular flexibility index (Phi) is 5.48. The molecule has 0 aromatic heterocycles. The first-order chi connectivity index (χ1) is 9.29. The van der Waals surface area contributed by atoms with Gasteiger partial charge in [-0.15, -0.1) is 0 Å². The Hall–Kier alpha value is -1.26. The fourth-order valence-corrected chi connectivity index (χ4v) is 2.29. The van der Waals surface area contributed by atoms with Crippen molar-refractivity contribution in [3.05, 3.63) is 23.8 Å². The summed E-state index contributed by atoms with van der Waals surface area (Å²) < 4.78 is 5.61. The molecule has 0 spiro atoms. The number of benzene rings is 1. The summed E-state index contributed by atoms with van der Waals surface area (Å²) in [6.07, 6.45) is 1.87. The van der Waals surface area contributed by atoms with Crippen molar-refractivity contribution >= 4 is 0 Å². The van der Waals surface area contributed by atoms with Crippen LogP contribution in [0.15, 0.2) is 18.2 Å². The largest absolute Gasteiger partial charge is 0.508 e. The van der Waals surface area contributed by atoms with Crippen molar-refractivity contribution in [3.63, 3.8) is 0 Å². The van der Waals surface area contributed by atoms with Gasteiger partial charge in [0.2, 0.25) is 0 Å². The fraction of sp³-hybridized carbons (Fsp3) is 0.600. The number of hydrogen-bond acceptors (Lipinski definition) is 4. The van der Waals surface area contributed by atoms with E-state index in [0.717, 1.165) is 63.5 Å². The van der Waals surface area contributed by atoms with Crippen LogP contribution in [0.4, 0.5) is 0 Å². The molecule has 4 nitrogen and oxygen atoms in total. The van der Waals surface area contributed by atoms with Crippen LogP contribution in [0.2, 0.25) is 0 Å². The number of hydrogen-bond donors (Lipinski definition) is 2. The van der Waals surface area contributed by atoms with Gasteiger partial charge in [0.1, 0.15) is 11.5 Å². The summed E-state index contributed by atoms with van der Waals surface area (Å²) in [4.78, 5) is 2.43. The smallest absolute Gasteiger partial charge is 0.119 e. The van der Waals surface area contributed by atoms with Crippen LogP contribution in [0.5, 0.6) is 11.5 Å². The summed E-state index contributed by atoms with van der Waals surface area (Å²) in [6, 6.07) is 5.53. The minimum atomic E-state index is 0.374. The maximum absolute atomic E-state index is 9.90. The number of nitrogens with one attached hydrogen (secondary N) is 1. The molecule has 1 saturated heterocycles. The van der Waals surface area contributed by atoms with Crippen molar-refractivity contribution in [1.29, 1.82) is 0 Å². The lowest BCUT2D eigenvalue weighted by molar-refractivity contribution is 0.243. The van der Waals surface area contributed by atoms with Crippen LogP contribution < -0.4 is 10.1 Å². The van der Waals surface area contributed by atoms with Gasteiger partial charge in [-0.3, -0.25) is 0 Å². The first-order valence-corrected chi connectivity index (χ1v) is 7.17. The summed E-state index contributed by atoms with van der Waals surface area (Å²) in [5, 5.41) is 13.2. The van der Waals surface area contributed by atoms with Crippen molar-refractivity contribution in [1.82, 2.24) is 10.2 Å². The molecule has 0 aliphatic carbocycles. The maximum Gasteiger partial charge on any atom is 0.119 e. The molecule has 0 bridgehead atoms. The zero-order valence-electron chi connectivity index (χ0n) is 11.7. The molecule has 1 aliphatic heterocycles. The zero-order chi connectivity index (χ0) is 13.5. The molecule has 0 unspecified atom stereocenters. The lowest BCUT2D eigenvalue weighted by Gasteiger charge is -2.27. The molecule has 2 N–H and O–H groups in total. The Bertz CT molecular complexity index is 390. The SMILES string of the molecule is CCCOc1ccc(O)c(CCN2CCNCC2)c1. The summed E-state index contributed by atoms with van der Waals surface area (Å²) in [7, 11) is 0. The molecule has 1 aliphatic rings. The topological polar surface area (TPSA) is 44.7 Å². The van der Waals surface area contributed by atoms with Gasteiger partial charge in [0.15, 0.2) is 0 Å². The highest BCUT2D eigenvalue weighted by Gasteiger charge is 2.11. The summed E-state index contributed by atoms with van der Waals surface area (Å²) in [5.41, 5.74) is 0.979. The highest BCUT2D eigenvalue weighted by Crippen LogP contribution is 2.23. The van der Waals surface area contributed by atoms with Crippen molar-refractivity contribution in [3.8, 4) is 11.5 Å². The van der Waals surface area contributed by atoms with E-state index in [-0.39, 0.29) is 0 Å². The predicted octanol–water partition coefficient (Wildman–Crippen LogP) is 1.63. The van der Waals surface area contributed by atoms with Gasteiger partial charge in [0.05, 0.1) is 6.61 Å². The molecule has 0 atom stereocenters. The summed E-state index contributed by atoms with van der Waals surface area (Å²) >= 11 is 0. The van der Waals surface area contributed by atoms with E-state index in [0.29, 0.717) is 5.75 Å². The van der Waals surface area contributed by atoms with Crippen LogP contribution in [-0.2, 0) is 6.42 Å². The van der Waals surface area contributed by atoms with E-state index in [1.807, 2.05) is 12.1 Å². The number of ether oxygens (including phenoxy) is 1. The van der Waals surface area contributed by atoms with E-state index in [1.165, 1.54) is 0 Å². The van der Waals surface area contributed by atoms with E-state index >= 15 is 0 Å². The Balaban J connectivity index is 1.90. The summed E-state index contributed by atoms with van der Waals surface area (Å²) in [5.74, 6) is 1.23. The van der Waals surface area contributed by atoms with E-state index < -0.39 is 0 Å². The fourth-order valence-electron chi connectivity index (χ4n) is 2.29. The van der Waals surface area contributed by atoms with Crippen molar-refractivity contribution in [2.75, 3.05) is 39.3 Å². The molecule has 1 aromatic carbocycles. The van der Waals surface area contributed by atoms with Crippen molar-refractivity contribution < 1.29 is 9.84 Å². The van der Waals surface area contributed by atoms with Gasteiger partial charge in [-0.2, -0.15) is 0 Å². The second-order valence-electron chi connectivity index (χ2n) is 4.98. The number of phenols is 1. The Morgan fingerprint density at radius 1 is 1.32 bits per heavy atom. The van der Waals surface area contributed by atoms with Crippen LogP contribution in [0.25, 0.3) is 0 Å². The van der Waals surface area contributed by atoms with Gasteiger partial charge in [0.25, 0.3) is 0 Å². The monoisotopic (exact) mass is 264 g/mol. The molecule has 0 saturated carbocycles. The Morgan fingerprint density at radius 3 is 2.84 bits per heavy atom. The van der Waals surface area contributed by atoms with Gasteiger partial charge in [-0.05, 0) is 36.6 Å². The van der Waals surface area contributed by atoms with Gasteiger partial charge in [-0.1, -0.05) is 6.92 Å². The second-order valence-corrected chi connectivity index (χ2v) is 4.98. The molecule has 19 heavy (non-hydrogen) atoms. The summed E-state index contributed by atoms with van der Waals surface area (Å²) in [6.45, 7) is 8.11. The zero-order valence-corrected chi connectivity index (χ0v) is 11.7. The first-order valence-electron chi connectivity index (χ1n) is 7.17. The molecule has 1 fully saturated rings. The highest BCUT2D eigenvalue weighted by molar-refractivity contribution is 5.39. The minimum Gasteiger partial charge on any atom is -0.508 e. The average molecular weight is 264 g/mol. The first kappa shape index (κ1) is 14.2. The second kappa shape index (κ2) is 7.36. The van der Waals surface area contributed by atoms with Crippen LogP contribution in [0.3, 0.4) is 0 Å². The molecule has 0 radical (unpaired) electrons. The van der Waals surface area contributed by atoms with E-state index in [9.17, 15) is 5.11 Å². The molecule has 2 rings (SSSR count). The number of rotatable bonds is 6. The van der Waals surface area contributed by atoms with E-state index in [1.54, 1.807) is 6.07 Å². The quantitative estimate of drug-likeness (QED) is 0.819. The van der Waals surface area contributed by atoms with Crippen molar-refractivity contribution in [2.45, 2.75) is 19.8 Å². The van der Waals surface area contributed by atoms with Gasteiger partial charge in [0, 0.05) is 32.7 Å². The number of nitrogens with zero attached hydrogens (tertiary/aromatic N) is 1. The molecular formula is C15H24N2O2.